The first-order valence-corrected chi connectivity index (χ1v) is 17.9. The van der Waals surface area contributed by atoms with Crippen LogP contribution in [0.3, 0.4) is 0 Å². The van der Waals surface area contributed by atoms with E-state index < -0.39 is 83.6 Å². The smallest absolute Gasteiger partial charge is 0.326 e. The average Bonchev–Trinajstić information content (AvgIpc) is 3.61. The lowest BCUT2D eigenvalue weighted by molar-refractivity contribution is -0.143. The van der Waals surface area contributed by atoms with Crippen LogP contribution in [-0.2, 0) is 44.8 Å². The summed E-state index contributed by atoms with van der Waals surface area (Å²) in [6.45, 7) is 5.15. The molecule has 0 bridgehead atoms. The minimum absolute atomic E-state index is 0.0268. The molecule has 12 N–H and O–H groups in total. The number of carbonyl (C=O) groups is 8. The van der Waals surface area contributed by atoms with Crippen molar-refractivity contribution in [2.75, 3.05) is 19.6 Å². The minimum atomic E-state index is -1.36. The predicted octanol–water partition coefficient (Wildman–Crippen LogP) is -2.24. The van der Waals surface area contributed by atoms with E-state index in [0.29, 0.717) is 37.8 Å². The molecule has 7 amide bonds. The highest BCUT2D eigenvalue weighted by Gasteiger charge is 2.40. The largest absolute Gasteiger partial charge is 0.480 e. The van der Waals surface area contributed by atoms with Gasteiger partial charge in [-0.2, -0.15) is 0 Å². The first-order valence-electron chi connectivity index (χ1n) is 17.9. The van der Waals surface area contributed by atoms with Crippen LogP contribution in [0.15, 0.2) is 30.3 Å². The van der Waals surface area contributed by atoms with Gasteiger partial charge in [0.25, 0.3) is 0 Å². The zero-order valence-corrected chi connectivity index (χ0v) is 30.6. The molecule has 18 nitrogen and oxygen atoms in total. The van der Waals surface area contributed by atoms with E-state index in [1.54, 1.807) is 44.2 Å². The topological polar surface area (TPSA) is 298 Å². The van der Waals surface area contributed by atoms with Crippen molar-refractivity contribution in [2.45, 2.75) is 108 Å². The molecule has 1 fully saturated rings. The van der Waals surface area contributed by atoms with E-state index in [1.807, 2.05) is 0 Å². The van der Waals surface area contributed by atoms with Crippen molar-refractivity contribution in [3.8, 4) is 0 Å². The van der Waals surface area contributed by atoms with Crippen molar-refractivity contribution in [3.05, 3.63) is 35.9 Å². The molecule has 0 unspecified atom stereocenters. The minimum Gasteiger partial charge on any atom is -0.480 e. The molecule has 294 valence electrons. The van der Waals surface area contributed by atoms with E-state index >= 15 is 0 Å². The number of carboxylic acid groups (broad SMARTS) is 1. The van der Waals surface area contributed by atoms with E-state index in [1.165, 1.54) is 11.8 Å². The summed E-state index contributed by atoms with van der Waals surface area (Å²) in [6, 6.07) is 1.86. The molecule has 0 saturated carbocycles. The van der Waals surface area contributed by atoms with Crippen molar-refractivity contribution < 1.29 is 43.5 Å². The van der Waals surface area contributed by atoms with Gasteiger partial charge in [0.2, 0.25) is 41.4 Å². The maximum atomic E-state index is 13.7. The van der Waals surface area contributed by atoms with Crippen molar-refractivity contribution >= 4 is 47.3 Å². The number of carboxylic acids is 1. The number of nitrogens with zero attached hydrogens (tertiary/aromatic N) is 1. The summed E-state index contributed by atoms with van der Waals surface area (Å²) < 4.78 is 0. The molecular weight excluding hydrogens is 690 g/mol. The molecule has 18 heteroatoms. The Morgan fingerprint density at radius 2 is 1.45 bits per heavy atom. The number of benzene rings is 1. The molecule has 1 aliphatic rings. The zero-order valence-electron chi connectivity index (χ0n) is 30.6. The molecule has 1 aromatic carbocycles. The second kappa shape index (κ2) is 22.1. The summed E-state index contributed by atoms with van der Waals surface area (Å²) in [5.74, 6) is -6.32. The summed E-state index contributed by atoms with van der Waals surface area (Å²) in [4.78, 5) is 104. The van der Waals surface area contributed by atoms with E-state index in [-0.39, 0.29) is 44.7 Å². The lowest BCUT2D eigenvalue weighted by Crippen LogP contribution is -2.59. The lowest BCUT2D eigenvalue weighted by atomic mass is 10.0. The van der Waals surface area contributed by atoms with Crippen LogP contribution in [0.5, 0.6) is 0 Å². The summed E-state index contributed by atoms with van der Waals surface area (Å²) in [7, 11) is 0. The van der Waals surface area contributed by atoms with Crippen LogP contribution >= 0.6 is 0 Å². The van der Waals surface area contributed by atoms with Gasteiger partial charge in [-0.05, 0) is 63.5 Å². The van der Waals surface area contributed by atoms with Gasteiger partial charge in [0.15, 0.2) is 0 Å². The molecule has 0 aromatic heterocycles. The van der Waals surface area contributed by atoms with Gasteiger partial charge in [-0.3, -0.25) is 33.6 Å². The lowest BCUT2D eigenvalue weighted by Gasteiger charge is -2.31. The third kappa shape index (κ3) is 14.4. The Morgan fingerprint density at radius 1 is 0.811 bits per heavy atom. The number of aliphatic carboxylic acids is 1. The molecule has 0 radical (unpaired) electrons. The number of rotatable bonds is 22. The maximum absolute atomic E-state index is 13.7. The predicted molar refractivity (Wildman–Crippen MR) is 193 cm³/mol. The van der Waals surface area contributed by atoms with E-state index in [9.17, 15) is 43.5 Å². The highest BCUT2D eigenvalue weighted by Crippen LogP contribution is 2.21. The molecule has 53 heavy (non-hydrogen) atoms. The summed E-state index contributed by atoms with van der Waals surface area (Å²) in [5, 5.41) is 22.3. The first kappa shape index (κ1) is 44.1. The fourth-order valence-corrected chi connectivity index (χ4v) is 5.81. The van der Waals surface area contributed by atoms with Gasteiger partial charge in [-0.15, -0.1) is 0 Å². The number of hydrogen-bond donors (Lipinski definition) is 9. The van der Waals surface area contributed by atoms with Crippen LogP contribution in [0.25, 0.3) is 0 Å². The molecule has 6 atom stereocenters. The highest BCUT2D eigenvalue weighted by molar-refractivity contribution is 5.97. The standard InChI is InChI=1S/C35H55N9O9/c1-20(2)29(43-28(46)19-37)34(51)44-17-9-13-26(44)33(50)42-25(18-22-10-5-4-6-11-22)32(49)39-21(3)30(47)40-23(14-15-27(38)45)31(48)41-24(35(52)53)12-7-8-16-36/h4-6,10-11,20-21,23-26,29H,7-9,12-19,36-37H2,1-3H3,(H2,38,45)(H,39,49)(H,40,47)(H,41,48)(H,42,50)(H,43,46)(H,52,53)/t21-,23-,24-,25-,26-,29-/m0/s1. The van der Waals surface area contributed by atoms with Crippen molar-refractivity contribution in [1.29, 1.82) is 0 Å². The van der Waals surface area contributed by atoms with Gasteiger partial charge < -0.3 is 53.8 Å². The van der Waals surface area contributed by atoms with Crippen LogP contribution in [0, 0.1) is 5.92 Å². The number of hydrogen-bond acceptors (Lipinski definition) is 10. The Kier molecular flexibility index (Phi) is 18.4. The molecule has 1 aliphatic heterocycles. The monoisotopic (exact) mass is 745 g/mol. The molecule has 1 saturated heterocycles. The summed E-state index contributed by atoms with van der Waals surface area (Å²) in [6.07, 6.45) is 1.37. The van der Waals surface area contributed by atoms with Gasteiger partial charge in [0.1, 0.15) is 36.3 Å². The van der Waals surface area contributed by atoms with Crippen LogP contribution in [-0.4, -0.2) is 113 Å². The zero-order chi connectivity index (χ0) is 39.7. The third-order valence-electron chi connectivity index (χ3n) is 8.81. The quantitative estimate of drug-likeness (QED) is 0.0572. The van der Waals surface area contributed by atoms with Gasteiger partial charge in [-0.25, -0.2) is 4.79 Å². The number of amides is 7. The summed E-state index contributed by atoms with van der Waals surface area (Å²) in [5.41, 5.74) is 16.9. The molecule has 1 aromatic rings. The van der Waals surface area contributed by atoms with Crippen molar-refractivity contribution in [3.63, 3.8) is 0 Å². The Bertz CT molecular complexity index is 1440. The second-order valence-electron chi connectivity index (χ2n) is 13.4. The number of likely N-dealkylation sites (tertiary alicyclic amines) is 1. The number of unbranched alkanes of at least 4 members (excludes halogenated alkanes) is 1. The molecule has 0 aliphatic carbocycles. The maximum Gasteiger partial charge on any atom is 0.326 e. The normalized spacial score (nSPS) is 16.7. The average molecular weight is 746 g/mol. The van der Waals surface area contributed by atoms with E-state index in [2.05, 4.69) is 26.6 Å². The summed E-state index contributed by atoms with van der Waals surface area (Å²) >= 11 is 0. The first-order chi connectivity index (χ1) is 25.1. The van der Waals surface area contributed by atoms with Crippen LogP contribution in [0.1, 0.15) is 71.3 Å². The van der Waals surface area contributed by atoms with E-state index in [4.69, 9.17) is 17.2 Å². The highest BCUT2D eigenvalue weighted by atomic mass is 16.4. The Morgan fingerprint density at radius 3 is 2.04 bits per heavy atom. The molecule has 0 spiro atoms. The van der Waals surface area contributed by atoms with Crippen molar-refractivity contribution in [2.24, 2.45) is 23.1 Å². The van der Waals surface area contributed by atoms with Gasteiger partial charge >= 0.3 is 5.97 Å². The van der Waals surface area contributed by atoms with Crippen molar-refractivity contribution in [1.82, 2.24) is 31.5 Å². The number of primary amides is 1. The fourth-order valence-electron chi connectivity index (χ4n) is 5.81. The van der Waals surface area contributed by atoms with Gasteiger partial charge in [0, 0.05) is 19.4 Å². The molecule has 2 rings (SSSR count). The Labute approximate surface area is 309 Å². The number of carbonyl (C=O) groups excluding carboxylic acids is 7. The SMILES string of the molecule is CC(C)[C@H](NC(=O)CN)C(=O)N1CCC[C@H]1C(=O)N[C@@H](Cc1ccccc1)C(=O)N[C@@H](C)C(=O)N[C@@H](CCC(N)=O)C(=O)N[C@@H](CCCCN)C(=O)O. The van der Waals surface area contributed by atoms with E-state index in [0.717, 1.165) is 0 Å². The van der Waals surface area contributed by atoms with Crippen LogP contribution in [0.2, 0.25) is 0 Å². The second-order valence-corrected chi connectivity index (χ2v) is 13.4. The Hall–Kier alpha value is -5.10. The molecular formula is C35H55N9O9. The van der Waals surface area contributed by atoms with Crippen LogP contribution in [0.4, 0.5) is 0 Å². The Balaban J connectivity index is 2.23. The third-order valence-corrected chi connectivity index (χ3v) is 8.81. The number of nitrogens with one attached hydrogen (secondary N) is 5. The van der Waals surface area contributed by atoms with Crippen LogP contribution < -0.4 is 43.8 Å². The molecule has 1 heterocycles. The fraction of sp³-hybridized carbons (Fsp3) is 0.600. The van der Waals surface area contributed by atoms with Gasteiger partial charge in [-0.1, -0.05) is 44.2 Å². The number of nitrogens with two attached hydrogens (primary N) is 3. The van der Waals surface area contributed by atoms with Gasteiger partial charge in [0.05, 0.1) is 6.54 Å².